The number of aryl methyl sites for hydroxylation is 1. The van der Waals surface area contributed by atoms with Gasteiger partial charge in [0.25, 0.3) is 0 Å². The lowest BCUT2D eigenvalue weighted by Crippen LogP contribution is -2.21. The molecule has 1 amide bonds. The predicted octanol–water partition coefficient (Wildman–Crippen LogP) is 4.50. The molecule has 1 aromatic carbocycles. The summed E-state index contributed by atoms with van der Waals surface area (Å²) >= 11 is 0. The Labute approximate surface area is 133 Å². The van der Waals surface area contributed by atoms with Crippen LogP contribution in [0.5, 0.6) is 0 Å². The number of hydrogen-bond donors (Lipinski definition) is 1. The Bertz CT molecular complexity index is 507. The van der Waals surface area contributed by atoms with E-state index in [1.54, 1.807) is 0 Å². The van der Waals surface area contributed by atoms with Crippen LogP contribution < -0.4 is 5.32 Å². The van der Waals surface area contributed by atoms with Crippen molar-refractivity contribution < 1.29 is 9.59 Å². The Morgan fingerprint density at radius 1 is 1.23 bits per heavy atom. The number of carbonyl (C=O) groups excluding carboxylic acids is 2. The maximum Gasteiger partial charge on any atom is 0.224 e. The van der Waals surface area contributed by atoms with Crippen LogP contribution in [0.1, 0.15) is 57.4 Å². The third kappa shape index (κ3) is 4.69. The first-order chi connectivity index (χ1) is 10.6. The highest BCUT2D eigenvalue weighted by Gasteiger charge is 2.35. The Morgan fingerprint density at radius 3 is 2.64 bits per heavy atom. The van der Waals surface area contributed by atoms with Gasteiger partial charge in [0.1, 0.15) is 5.78 Å². The van der Waals surface area contributed by atoms with Gasteiger partial charge < -0.3 is 5.32 Å². The molecule has 0 aromatic heterocycles. The van der Waals surface area contributed by atoms with Crippen molar-refractivity contribution in [3.05, 3.63) is 29.8 Å². The second-order valence-corrected chi connectivity index (χ2v) is 6.49. The van der Waals surface area contributed by atoms with E-state index in [1.807, 2.05) is 31.2 Å². The summed E-state index contributed by atoms with van der Waals surface area (Å²) in [4.78, 5) is 24.2. The van der Waals surface area contributed by atoms with Gasteiger partial charge in [-0.3, -0.25) is 9.59 Å². The van der Waals surface area contributed by atoms with Crippen LogP contribution in [0.3, 0.4) is 0 Å². The fourth-order valence-corrected chi connectivity index (χ4v) is 3.32. The first-order valence-corrected chi connectivity index (χ1v) is 8.49. The Balaban J connectivity index is 1.86. The van der Waals surface area contributed by atoms with Gasteiger partial charge in [-0.1, -0.05) is 43.9 Å². The number of nitrogens with one attached hydrogen (secondary N) is 1. The van der Waals surface area contributed by atoms with Crippen LogP contribution in [0.2, 0.25) is 0 Å². The van der Waals surface area contributed by atoms with E-state index in [-0.39, 0.29) is 17.7 Å². The van der Waals surface area contributed by atoms with Crippen LogP contribution in [0.15, 0.2) is 24.3 Å². The van der Waals surface area contributed by atoms with Crippen LogP contribution in [0, 0.1) is 18.8 Å². The van der Waals surface area contributed by atoms with E-state index in [9.17, 15) is 9.59 Å². The van der Waals surface area contributed by atoms with Gasteiger partial charge in [-0.2, -0.15) is 0 Å². The molecule has 1 fully saturated rings. The van der Waals surface area contributed by atoms with Gasteiger partial charge in [-0.25, -0.2) is 0 Å². The summed E-state index contributed by atoms with van der Waals surface area (Å²) in [6, 6.07) is 7.82. The topological polar surface area (TPSA) is 46.2 Å². The van der Waals surface area contributed by atoms with Crippen molar-refractivity contribution in [1.29, 1.82) is 0 Å². The zero-order valence-corrected chi connectivity index (χ0v) is 13.7. The molecule has 2 rings (SSSR count). The van der Waals surface area contributed by atoms with E-state index >= 15 is 0 Å². The lowest BCUT2D eigenvalue weighted by molar-refractivity contribution is -0.122. The summed E-state index contributed by atoms with van der Waals surface area (Å²) in [6.07, 6.45) is 6.39. The third-order valence-electron chi connectivity index (χ3n) is 4.65. The summed E-state index contributed by atoms with van der Waals surface area (Å²) in [5.74, 6) is 0.735. The van der Waals surface area contributed by atoms with Crippen LogP contribution in [0.25, 0.3) is 0 Å². The molecule has 1 aliphatic carbocycles. The highest BCUT2D eigenvalue weighted by atomic mass is 16.1. The Morgan fingerprint density at radius 2 is 1.95 bits per heavy atom. The number of unbranched alkanes of at least 4 members (excludes halogenated alkanes) is 2. The molecule has 0 bridgehead atoms. The summed E-state index contributed by atoms with van der Waals surface area (Å²) in [5.41, 5.74) is 2.01. The SMILES string of the molecule is CCCCCC1C(=O)CCC1CC(=O)Nc1ccc(C)cc1. The first-order valence-electron chi connectivity index (χ1n) is 8.49. The Hall–Kier alpha value is -1.64. The van der Waals surface area contributed by atoms with Crippen molar-refractivity contribution in [2.45, 2.75) is 58.8 Å². The fourth-order valence-electron chi connectivity index (χ4n) is 3.32. The van der Waals surface area contributed by atoms with E-state index in [1.165, 1.54) is 18.4 Å². The molecule has 22 heavy (non-hydrogen) atoms. The number of anilines is 1. The molecular weight excluding hydrogens is 274 g/mol. The van der Waals surface area contributed by atoms with Crippen LogP contribution in [-0.4, -0.2) is 11.7 Å². The van der Waals surface area contributed by atoms with Crippen molar-refractivity contribution in [3.63, 3.8) is 0 Å². The summed E-state index contributed by atoms with van der Waals surface area (Å²) in [6.45, 7) is 4.19. The van der Waals surface area contributed by atoms with E-state index in [4.69, 9.17) is 0 Å². The van der Waals surface area contributed by atoms with Crippen LogP contribution in [0.4, 0.5) is 5.69 Å². The van der Waals surface area contributed by atoms with Gasteiger partial charge in [0.05, 0.1) is 0 Å². The number of benzene rings is 1. The summed E-state index contributed by atoms with van der Waals surface area (Å²) < 4.78 is 0. The van der Waals surface area contributed by atoms with Gasteiger partial charge in [0, 0.05) is 24.4 Å². The molecular formula is C19H27NO2. The smallest absolute Gasteiger partial charge is 0.224 e. The molecule has 0 saturated heterocycles. The second kappa shape index (κ2) is 8.11. The molecule has 3 nitrogen and oxygen atoms in total. The molecule has 0 spiro atoms. The lowest BCUT2D eigenvalue weighted by atomic mass is 9.87. The monoisotopic (exact) mass is 301 g/mol. The maximum absolute atomic E-state index is 12.2. The minimum absolute atomic E-state index is 0.0315. The molecule has 1 aliphatic rings. The molecule has 2 unspecified atom stereocenters. The van der Waals surface area contributed by atoms with Crippen molar-refractivity contribution >= 4 is 17.4 Å². The maximum atomic E-state index is 12.2. The minimum atomic E-state index is 0.0315. The van der Waals surface area contributed by atoms with Gasteiger partial charge >= 0.3 is 0 Å². The zero-order chi connectivity index (χ0) is 15.9. The average molecular weight is 301 g/mol. The van der Waals surface area contributed by atoms with Crippen LogP contribution >= 0.6 is 0 Å². The average Bonchev–Trinajstić information content (AvgIpc) is 2.83. The molecule has 1 aromatic rings. The predicted molar refractivity (Wildman–Crippen MR) is 89.8 cm³/mol. The fraction of sp³-hybridized carbons (Fsp3) is 0.579. The normalized spacial score (nSPS) is 21.1. The number of carbonyl (C=O) groups is 2. The lowest BCUT2D eigenvalue weighted by Gasteiger charge is -2.18. The second-order valence-electron chi connectivity index (χ2n) is 6.49. The largest absolute Gasteiger partial charge is 0.326 e. The molecule has 0 heterocycles. The summed E-state index contributed by atoms with van der Waals surface area (Å²) in [5, 5.41) is 2.95. The third-order valence-corrected chi connectivity index (χ3v) is 4.65. The molecule has 1 N–H and O–H groups in total. The molecule has 2 atom stereocenters. The number of ketones is 1. The highest BCUT2D eigenvalue weighted by molar-refractivity contribution is 5.92. The van der Waals surface area contributed by atoms with E-state index in [2.05, 4.69) is 12.2 Å². The van der Waals surface area contributed by atoms with Gasteiger partial charge in [0.2, 0.25) is 5.91 Å². The number of hydrogen-bond acceptors (Lipinski definition) is 2. The Kier molecular flexibility index (Phi) is 6.17. The standard InChI is InChI=1S/C19H27NO2/c1-3-4-5-6-17-15(9-12-18(17)21)13-19(22)20-16-10-7-14(2)8-11-16/h7-8,10-11,15,17H,3-6,9,12-13H2,1-2H3,(H,20,22). The summed E-state index contributed by atoms with van der Waals surface area (Å²) in [7, 11) is 0. The number of rotatable bonds is 7. The number of Topliss-reactive ketones (excluding diaryl/α,β-unsaturated/α-hetero) is 1. The molecule has 120 valence electrons. The van der Waals surface area contributed by atoms with Crippen molar-refractivity contribution in [2.24, 2.45) is 11.8 Å². The highest BCUT2D eigenvalue weighted by Crippen LogP contribution is 2.35. The molecule has 3 heteroatoms. The van der Waals surface area contributed by atoms with Gasteiger partial charge in [0.15, 0.2) is 0 Å². The van der Waals surface area contributed by atoms with Crippen molar-refractivity contribution in [3.8, 4) is 0 Å². The number of amides is 1. The minimum Gasteiger partial charge on any atom is -0.326 e. The first kappa shape index (κ1) is 16.7. The van der Waals surface area contributed by atoms with Crippen molar-refractivity contribution in [2.75, 3.05) is 5.32 Å². The van der Waals surface area contributed by atoms with Gasteiger partial charge in [-0.15, -0.1) is 0 Å². The van der Waals surface area contributed by atoms with E-state index in [0.29, 0.717) is 18.6 Å². The molecule has 0 radical (unpaired) electrons. The molecule has 1 saturated carbocycles. The van der Waals surface area contributed by atoms with E-state index < -0.39 is 0 Å². The quantitative estimate of drug-likeness (QED) is 0.754. The van der Waals surface area contributed by atoms with Crippen LogP contribution in [-0.2, 0) is 9.59 Å². The van der Waals surface area contributed by atoms with Gasteiger partial charge in [-0.05, 0) is 37.8 Å². The molecule has 0 aliphatic heterocycles. The zero-order valence-electron chi connectivity index (χ0n) is 13.7. The van der Waals surface area contributed by atoms with Crippen molar-refractivity contribution in [1.82, 2.24) is 0 Å². The van der Waals surface area contributed by atoms with E-state index in [0.717, 1.165) is 24.9 Å².